The number of rotatable bonds is 3. The predicted octanol–water partition coefficient (Wildman–Crippen LogP) is 5.78. The molecule has 2 aliphatic heterocycles. The maximum Gasteiger partial charge on any atom is 0.325 e. The molecule has 182 valence electrons. The van der Waals surface area contributed by atoms with E-state index in [1.165, 1.54) is 30.4 Å². The van der Waals surface area contributed by atoms with Crippen molar-refractivity contribution in [1.29, 1.82) is 0 Å². The lowest BCUT2D eigenvalue weighted by molar-refractivity contribution is -0.114. The Kier molecular flexibility index (Phi) is 5.64. The van der Waals surface area contributed by atoms with Gasteiger partial charge in [-0.15, -0.1) is 0 Å². The van der Waals surface area contributed by atoms with Gasteiger partial charge in [0.25, 0.3) is 0 Å². The standard InChI is InChI=1S/C27H24FN5O2S/c1-16(34)30-26-31-22-8-7-17(14-25(22)36-26)19-13-24-21(29-15-19)9-11-33(24)27(35)32-10-3-6-23(32)18-4-2-5-20(28)12-18/h2,4-5,7-8,12-15,23H,3,6,9-11H2,1H3,(H,30,31,34). The molecule has 1 unspecified atom stereocenters. The van der Waals surface area contributed by atoms with Crippen molar-refractivity contribution in [3.63, 3.8) is 0 Å². The van der Waals surface area contributed by atoms with Gasteiger partial charge in [0, 0.05) is 38.2 Å². The average molecular weight is 502 g/mol. The van der Waals surface area contributed by atoms with E-state index in [1.807, 2.05) is 46.3 Å². The Bertz CT molecular complexity index is 1500. The van der Waals surface area contributed by atoms with Gasteiger partial charge in [-0.05, 0) is 54.3 Å². The number of hydrogen-bond donors (Lipinski definition) is 1. The Morgan fingerprint density at radius 2 is 2.00 bits per heavy atom. The molecule has 0 radical (unpaired) electrons. The highest BCUT2D eigenvalue weighted by Crippen LogP contribution is 2.38. The number of benzene rings is 2. The third-order valence-electron chi connectivity index (χ3n) is 6.78. The molecular formula is C27H24FN5O2S. The Balaban J connectivity index is 1.29. The first-order valence-electron chi connectivity index (χ1n) is 12.0. The van der Waals surface area contributed by atoms with Crippen molar-refractivity contribution >= 4 is 44.3 Å². The Hall–Kier alpha value is -3.85. The van der Waals surface area contributed by atoms with Crippen molar-refractivity contribution in [2.45, 2.75) is 32.2 Å². The van der Waals surface area contributed by atoms with Crippen molar-refractivity contribution in [2.75, 3.05) is 23.3 Å². The third-order valence-corrected chi connectivity index (χ3v) is 7.71. The summed E-state index contributed by atoms with van der Waals surface area (Å²) in [6.45, 7) is 2.69. The van der Waals surface area contributed by atoms with E-state index >= 15 is 0 Å². The van der Waals surface area contributed by atoms with Gasteiger partial charge in [0.2, 0.25) is 5.91 Å². The molecule has 7 nitrogen and oxygen atoms in total. The zero-order chi connectivity index (χ0) is 24.8. The molecule has 2 aromatic carbocycles. The van der Waals surface area contributed by atoms with Crippen LogP contribution in [0, 0.1) is 5.82 Å². The first-order valence-corrected chi connectivity index (χ1v) is 12.8. The molecule has 4 heterocycles. The summed E-state index contributed by atoms with van der Waals surface area (Å²) >= 11 is 1.42. The highest BCUT2D eigenvalue weighted by molar-refractivity contribution is 7.22. The number of hydrogen-bond acceptors (Lipinski definition) is 5. The summed E-state index contributed by atoms with van der Waals surface area (Å²) in [4.78, 5) is 37.9. The minimum absolute atomic E-state index is 0.0580. The number of likely N-dealkylation sites (tertiary alicyclic amines) is 1. The van der Waals surface area contributed by atoms with E-state index < -0.39 is 0 Å². The first-order chi connectivity index (χ1) is 17.5. The van der Waals surface area contributed by atoms with Crippen molar-refractivity contribution in [1.82, 2.24) is 14.9 Å². The summed E-state index contributed by atoms with van der Waals surface area (Å²) in [7, 11) is 0. The summed E-state index contributed by atoms with van der Waals surface area (Å²) < 4.78 is 14.8. The number of carbonyl (C=O) groups is 2. The molecular weight excluding hydrogens is 477 g/mol. The van der Waals surface area contributed by atoms with E-state index in [2.05, 4.69) is 15.3 Å². The number of urea groups is 1. The summed E-state index contributed by atoms with van der Waals surface area (Å²) in [5.74, 6) is -0.436. The van der Waals surface area contributed by atoms with Crippen molar-refractivity contribution in [3.05, 3.63) is 71.8 Å². The van der Waals surface area contributed by atoms with Crippen LogP contribution in [0.2, 0.25) is 0 Å². The fourth-order valence-electron chi connectivity index (χ4n) is 5.12. The summed E-state index contributed by atoms with van der Waals surface area (Å²) in [5.41, 5.74) is 5.26. The van der Waals surface area contributed by atoms with Crippen LogP contribution in [0.15, 0.2) is 54.7 Å². The molecule has 2 aromatic heterocycles. The highest BCUT2D eigenvalue weighted by atomic mass is 32.1. The molecule has 1 saturated heterocycles. The SMILES string of the molecule is CC(=O)Nc1nc2ccc(-c3cnc4c(c3)N(C(=O)N3CCCC3c3cccc(F)c3)CC4)cc2s1. The molecule has 3 amide bonds. The second-order valence-corrected chi connectivity index (χ2v) is 10.2. The van der Waals surface area contributed by atoms with Gasteiger partial charge in [-0.1, -0.05) is 29.5 Å². The van der Waals surface area contributed by atoms with E-state index in [4.69, 9.17) is 0 Å². The van der Waals surface area contributed by atoms with E-state index in [0.29, 0.717) is 24.6 Å². The van der Waals surface area contributed by atoms with Crippen LogP contribution < -0.4 is 10.2 Å². The molecule has 36 heavy (non-hydrogen) atoms. The highest BCUT2D eigenvalue weighted by Gasteiger charge is 2.36. The Morgan fingerprint density at radius 3 is 2.83 bits per heavy atom. The molecule has 1 atom stereocenters. The number of fused-ring (bicyclic) bond motifs is 2. The molecule has 0 spiro atoms. The van der Waals surface area contributed by atoms with Gasteiger partial charge < -0.3 is 10.2 Å². The van der Waals surface area contributed by atoms with Gasteiger partial charge in [-0.2, -0.15) is 0 Å². The minimum atomic E-state index is -0.283. The van der Waals surface area contributed by atoms with Crippen LogP contribution in [-0.2, 0) is 11.2 Å². The van der Waals surface area contributed by atoms with Crippen molar-refractivity contribution in [2.24, 2.45) is 0 Å². The van der Waals surface area contributed by atoms with Gasteiger partial charge in [0.15, 0.2) is 5.13 Å². The largest absolute Gasteiger partial charge is 0.325 e. The number of carbonyl (C=O) groups excluding carboxylic acids is 2. The molecule has 0 saturated carbocycles. The number of thiazole rings is 1. The third kappa shape index (κ3) is 4.09. The van der Waals surface area contributed by atoms with Crippen LogP contribution in [0.3, 0.4) is 0 Å². The van der Waals surface area contributed by atoms with Gasteiger partial charge in [0.05, 0.1) is 27.6 Å². The van der Waals surface area contributed by atoms with E-state index in [-0.39, 0.29) is 23.8 Å². The lowest BCUT2D eigenvalue weighted by Crippen LogP contribution is -2.42. The molecule has 0 aliphatic carbocycles. The summed E-state index contributed by atoms with van der Waals surface area (Å²) in [6.07, 6.45) is 4.26. The van der Waals surface area contributed by atoms with Crippen molar-refractivity contribution in [3.8, 4) is 11.1 Å². The van der Waals surface area contributed by atoms with Gasteiger partial charge in [-0.25, -0.2) is 14.2 Å². The number of aromatic nitrogens is 2. The van der Waals surface area contributed by atoms with Crippen molar-refractivity contribution < 1.29 is 14.0 Å². The fraction of sp³-hybridized carbons (Fsp3) is 0.259. The van der Waals surface area contributed by atoms with Crippen LogP contribution in [0.25, 0.3) is 21.3 Å². The lowest BCUT2D eigenvalue weighted by Gasteiger charge is -2.30. The average Bonchev–Trinajstić information content (AvgIpc) is 3.60. The van der Waals surface area contributed by atoms with Crippen LogP contribution in [0.4, 0.5) is 20.0 Å². The molecule has 1 fully saturated rings. The normalized spacial score (nSPS) is 17.0. The maximum atomic E-state index is 13.9. The summed E-state index contributed by atoms with van der Waals surface area (Å²) in [5, 5.41) is 3.30. The second-order valence-electron chi connectivity index (χ2n) is 9.16. The van der Waals surface area contributed by atoms with Crippen LogP contribution in [-0.4, -0.2) is 39.9 Å². The van der Waals surface area contributed by atoms with Crippen LogP contribution >= 0.6 is 11.3 Å². The second kappa shape index (κ2) is 8.98. The zero-order valence-corrected chi connectivity index (χ0v) is 20.5. The van der Waals surface area contributed by atoms with E-state index in [1.54, 1.807) is 6.07 Å². The maximum absolute atomic E-state index is 13.9. The number of nitrogens with zero attached hydrogens (tertiary/aromatic N) is 4. The Morgan fingerprint density at radius 1 is 1.11 bits per heavy atom. The smallest absolute Gasteiger partial charge is 0.317 e. The number of halogens is 1. The predicted molar refractivity (Wildman–Crippen MR) is 139 cm³/mol. The molecule has 0 bridgehead atoms. The molecule has 4 aromatic rings. The van der Waals surface area contributed by atoms with Gasteiger partial charge in [0.1, 0.15) is 5.82 Å². The lowest BCUT2D eigenvalue weighted by atomic mass is 10.0. The molecule has 2 aliphatic rings. The number of pyridine rings is 1. The number of anilines is 2. The molecule has 9 heteroatoms. The molecule has 6 rings (SSSR count). The minimum Gasteiger partial charge on any atom is -0.317 e. The quantitative estimate of drug-likeness (QED) is 0.386. The monoisotopic (exact) mass is 501 g/mol. The van der Waals surface area contributed by atoms with Crippen LogP contribution in [0.5, 0.6) is 0 Å². The number of amides is 3. The van der Waals surface area contributed by atoms with E-state index in [0.717, 1.165) is 51.1 Å². The van der Waals surface area contributed by atoms with Gasteiger partial charge in [-0.3, -0.25) is 14.7 Å². The van der Waals surface area contributed by atoms with Crippen LogP contribution in [0.1, 0.15) is 37.1 Å². The number of nitrogens with one attached hydrogen (secondary N) is 1. The fourth-order valence-corrected chi connectivity index (χ4v) is 6.07. The first kappa shape index (κ1) is 22.6. The topological polar surface area (TPSA) is 78.4 Å². The zero-order valence-electron chi connectivity index (χ0n) is 19.7. The van der Waals surface area contributed by atoms with E-state index in [9.17, 15) is 14.0 Å². The molecule has 1 N–H and O–H groups in total. The summed E-state index contributed by atoms with van der Waals surface area (Å²) in [6, 6.07) is 14.3. The van der Waals surface area contributed by atoms with Gasteiger partial charge >= 0.3 is 6.03 Å². The Labute approximate surface area is 211 Å².